The molecule has 98 valence electrons. The third kappa shape index (κ3) is 2.53. The van der Waals surface area contributed by atoms with Crippen LogP contribution in [0.25, 0.3) is 11.1 Å². The molecule has 0 aromatic heterocycles. The molecule has 2 rings (SSSR count). The number of aromatic carboxylic acids is 1. The van der Waals surface area contributed by atoms with E-state index < -0.39 is 5.97 Å². The maximum Gasteiger partial charge on any atom is 0.335 e. The maximum atomic E-state index is 11.4. The van der Waals surface area contributed by atoms with Crippen LogP contribution in [0, 0.1) is 6.92 Å². The minimum absolute atomic E-state index is 0.168. The molecule has 2 heteroatoms. The second kappa shape index (κ2) is 5.27. The lowest BCUT2D eigenvalue weighted by Gasteiger charge is -2.18. The summed E-state index contributed by atoms with van der Waals surface area (Å²) in [6, 6.07) is 13.6. The van der Waals surface area contributed by atoms with Crippen molar-refractivity contribution < 1.29 is 9.90 Å². The van der Waals surface area contributed by atoms with E-state index in [1.165, 1.54) is 0 Å². The molecule has 0 atom stereocenters. The zero-order chi connectivity index (χ0) is 14.0. The van der Waals surface area contributed by atoms with Gasteiger partial charge in [0.25, 0.3) is 0 Å². The summed E-state index contributed by atoms with van der Waals surface area (Å²) in [6.45, 7) is 6.10. The van der Waals surface area contributed by atoms with Crippen LogP contribution >= 0.6 is 0 Å². The van der Waals surface area contributed by atoms with Gasteiger partial charge in [0.2, 0.25) is 0 Å². The Kier molecular flexibility index (Phi) is 3.70. The highest BCUT2D eigenvalue weighted by Crippen LogP contribution is 2.34. The van der Waals surface area contributed by atoms with E-state index in [0.29, 0.717) is 5.56 Å². The summed E-state index contributed by atoms with van der Waals surface area (Å²) >= 11 is 0. The number of carboxylic acids is 1. The second-order valence-corrected chi connectivity index (χ2v) is 5.04. The molecule has 0 fully saturated rings. The first-order valence-electron chi connectivity index (χ1n) is 6.44. The van der Waals surface area contributed by atoms with E-state index in [9.17, 15) is 9.90 Å². The fourth-order valence-electron chi connectivity index (χ4n) is 2.50. The Balaban J connectivity index is 2.78. The van der Waals surface area contributed by atoms with E-state index in [0.717, 1.165) is 22.3 Å². The van der Waals surface area contributed by atoms with Gasteiger partial charge in [0.05, 0.1) is 5.56 Å². The lowest BCUT2D eigenvalue weighted by Crippen LogP contribution is -2.07. The van der Waals surface area contributed by atoms with Gasteiger partial charge in [-0.25, -0.2) is 4.79 Å². The van der Waals surface area contributed by atoms with Crippen molar-refractivity contribution in [3.8, 4) is 11.1 Å². The first-order chi connectivity index (χ1) is 9.02. The topological polar surface area (TPSA) is 37.3 Å². The zero-order valence-electron chi connectivity index (χ0n) is 11.5. The number of benzene rings is 2. The van der Waals surface area contributed by atoms with E-state index in [4.69, 9.17) is 0 Å². The average Bonchev–Trinajstić information content (AvgIpc) is 2.38. The van der Waals surface area contributed by atoms with E-state index in [2.05, 4.69) is 0 Å². The summed E-state index contributed by atoms with van der Waals surface area (Å²) in [5, 5.41) is 9.38. The normalized spacial score (nSPS) is 10.7. The molecule has 2 aromatic carbocycles. The highest BCUT2D eigenvalue weighted by atomic mass is 16.4. The minimum atomic E-state index is -0.860. The molecule has 0 aliphatic heterocycles. The Labute approximate surface area is 113 Å². The number of rotatable bonds is 3. The van der Waals surface area contributed by atoms with Crippen molar-refractivity contribution in [2.75, 3.05) is 0 Å². The van der Waals surface area contributed by atoms with Gasteiger partial charge < -0.3 is 5.11 Å². The number of carboxylic acid groups (broad SMARTS) is 1. The fourth-order valence-corrected chi connectivity index (χ4v) is 2.50. The van der Waals surface area contributed by atoms with E-state index in [1.807, 2.05) is 57.2 Å². The smallest absolute Gasteiger partial charge is 0.335 e. The molecule has 0 unspecified atom stereocenters. The van der Waals surface area contributed by atoms with Crippen LogP contribution < -0.4 is 0 Å². The van der Waals surface area contributed by atoms with Gasteiger partial charge in [0, 0.05) is 0 Å². The molecule has 0 saturated heterocycles. The lowest BCUT2D eigenvalue weighted by molar-refractivity contribution is 0.0695. The van der Waals surface area contributed by atoms with Gasteiger partial charge in [-0.3, -0.25) is 0 Å². The molecule has 0 amide bonds. The fraction of sp³-hybridized carbons (Fsp3) is 0.235. The van der Waals surface area contributed by atoms with Crippen LogP contribution in [0.1, 0.15) is 41.3 Å². The number of hydrogen-bond acceptors (Lipinski definition) is 1. The van der Waals surface area contributed by atoms with Crippen LogP contribution in [0.5, 0.6) is 0 Å². The first kappa shape index (κ1) is 13.3. The Morgan fingerprint density at radius 2 is 1.68 bits per heavy atom. The Morgan fingerprint density at radius 1 is 1.05 bits per heavy atom. The molecular weight excluding hydrogens is 236 g/mol. The highest BCUT2D eigenvalue weighted by Gasteiger charge is 2.19. The monoisotopic (exact) mass is 254 g/mol. The lowest BCUT2D eigenvalue weighted by atomic mass is 9.86. The third-order valence-corrected chi connectivity index (χ3v) is 3.32. The molecule has 1 N–H and O–H groups in total. The van der Waals surface area contributed by atoms with Crippen molar-refractivity contribution in [1.82, 2.24) is 0 Å². The Bertz CT molecular complexity index is 598. The van der Waals surface area contributed by atoms with Crippen molar-refractivity contribution in [1.29, 1.82) is 0 Å². The van der Waals surface area contributed by atoms with Crippen LogP contribution in [0.15, 0.2) is 42.5 Å². The molecule has 0 heterocycles. The summed E-state index contributed by atoms with van der Waals surface area (Å²) in [7, 11) is 0. The first-order valence-corrected chi connectivity index (χ1v) is 6.44. The predicted octanol–water partition coefficient (Wildman–Crippen LogP) is 4.48. The molecule has 0 saturated carbocycles. The van der Waals surface area contributed by atoms with Gasteiger partial charge in [-0.05, 0) is 41.2 Å². The van der Waals surface area contributed by atoms with Gasteiger partial charge in [0.15, 0.2) is 0 Å². The summed E-state index contributed by atoms with van der Waals surface area (Å²) < 4.78 is 0. The SMILES string of the molecule is Cc1ccc(C(=O)O)c(C(C)C)c1-c1ccccc1. The molecular formula is C17H18O2. The Morgan fingerprint density at radius 3 is 2.21 bits per heavy atom. The molecule has 0 aliphatic carbocycles. The zero-order valence-corrected chi connectivity index (χ0v) is 11.5. The molecule has 19 heavy (non-hydrogen) atoms. The summed E-state index contributed by atoms with van der Waals surface area (Å²) in [6.07, 6.45) is 0. The van der Waals surface area contributed by atoms with Crippen LogP contribution in [0.3, 0.4) is 0 Å². The van der Waals surface area contributed by atoms with E-state index in [1.54, 1.807) is 6.07 Å². The number of carbonyl (C=O) groups is 1. The van der Waals surface area contributed by atoms with Gasteiger partial charge in [0.1, 0.15) is 0 Å². The van der Waals surface area contributed by atoms with Crippen LogP contribution in [-0.4, -0.2) is 11.1 Å². The van der Waals surface area contributed by atoms with Gasteiger partial charge in [-0.1, -0.05) is 50.2 Å². The van der Waals surface area contributed by atoms with Crippen molar-refractivity contribution in [3.63, 3.8) is 0 Å². The average molecular weight is 254 g/mol. The Hall–Kier alpha value is -2.09. The third-order valence-electron chi connectivity index (χ3n) is 3.32. The van der Waals surface area contributed by atoms with E-state index >= 15 is 0 Å². The highest BCUT2D eigenvalue weighted by molar-refractivity contribution is 5.93. The van der Waals surface area contributed by atoms with Crippen molar-refractivity contribution in [3.05, 3.63) is 59.2 Å². The minimum Gasteiger partial charge on any atom is -0.478 e. The van der Waals surface area contributed by atoms with Crippen molar-refractivity contribution >= 4 is 5.97 Å². The summed E-state index contributed by atoms with van der Waals surface area (Å²) in [5.74, 6) is -0.693. The van der Waals surface area contributed by atoms with Crippen LogP contribution in [0.2, 0.25) is 0 Å². The molecule has 0 aliphatic rings. The summed E-state index contributed by atoms with van der Waals surface area (Å²) in [5.41, 5.74) is 4.56. The standard InChI is InChI=1S/C17H18O2/c1-11(2)15-14(17(18)19)10-9-12(3)16(15)13-7-5-4-6-8-13/h4-11H,1-3H3,(H,18,19). The van der Waals surface area contributed by atoms with Crippen LogP contribution in [-0.2, 0) is 0 Å². The van der Waals surface area contributed by atoms with Gasteiger partial charge in [-0.2, -0.15) is 0 Å². The second-order valence-electron chi connectivity index (χ2n) is 5.04. The summed E-state index contributed by atoms with van der Waals surface area (Å²) in [4.78, 5) is 11.4. The molecule has 0 spiro atoms. The predicted molar refractivity (Wildman–Crippen MR) is 77.7 cm³/mol. The largest absolute Gasteiger partial charge is 0.478 e. The van der Waals surface area contributed by atoms with Gasteiger partial charge in [-0.15, -0.1) is 0 Å². The van der Waals surface area contributed by atoms with Crippen molar-refractivity contribution in [2.45, 2.75) is 26.7 Å². The molecule has 2 nitrogen and oxygen atoms in total. The molecule has 0 radical (unpaired) electrons. The van der Waals surface area contributed by atoms with Crippen LogP contribution in [0.4, 0.5) is 0 Å². The molecule has 2 aromatic rings. The van der Waals surface area contributed by atoms with E-state index in [-0.39, 0.29) is 5.92 Å². The quantitative estimate of drug-likeness (QED) is 0.876. The molecule has 0 bridgehead atoms. The maximum absolute atomic E-state index is 11.4. The number of aryl methyl sites for hydroxylation is 1. The van der Waals surface area contributed by atoms with Gasteiger partial charge >= 0.3 is 5.97 Å². The van der Waals surface area contributed by atoms with Crippen molar-refractivity contribution in [2.24, 2.45) is 0 Å². The number of hydrogen-bond donors (Lipinski definition) is 1.